The minimum Gasteiger partial charge on any atom is -0.368 e. The van der Waals surface area contributed by atoms with Crippen molar-refractivity contribution in [1.82, 2.24) is 14.8 Å². The van der Waals surface area contributed by atoms with Gasteiger partial charge in [-0.2, -0.15) is 44.8 Å². The number of nitrogens with two attached hydrogens (primary N) is 1. The van der Waals surface area contributed by atoms with Crippen LogP contribution in [0.5, 0.6) is 0 Å². The Morgan fingerprint density at radius 1 is 0.920 bits per heavy atom. The molecule has 1 aromatic heterocycles. The Kier molecular flexibility index (Phi) is 4.58. The molecule has 1 aromatic carbocycles. The normalized spacial score (nSPS) is 13.4. The average molecular weight is 415 g/mol. The number of rotatable bonds is 2. The average Bonchev–Trinajstić information content (AvgIpc) is 2.78. The van der Waals surface area contributed by atoms with E-state index < -0.39 is 51.3 Å². The van der Waals surface area contributed by atoms with E-state index in [1.807, 2.05) is 0 Å². The van der Waals surface area contributed by atoms with E-state index in [0.717, 1.165) is 0 Å². The maximum Gasteiger partial charge on any atom is 0.461 e. The summed E-state index contributed by atoms with van der Waals surface area (Å²) in [4.78, 5) is 2.80. The van der Waals surface area contributed by atoms with Gasteiger partial charge in [0.1, 0.15) is 5.69 Å². The molecule has 0 saturated heterocycles. The summed E-state index contributed by atoms with van der Waals surface area (Å²) in [6.45, 7) is 0. The van der Waals surface area contributed by atoms with Crippen LogP contribution in [0.15, 0.2) is 12.1 Å². The van der Waals surface area contributed by atoms with Crippen LogP contribution in [0.25, 0.3) is 5.69 Å². The molecule has 4 nitrogen and oxygen atoms in total. The molecule has 25 heavy (non-hydrogen) atoms. The Balaban J connectivity index is 2.62. The largest absolute Gasteiger partial charge is 0.461 e. The van der Waals surface area contributed by atoms with E-state index in [1.54, 1.807) is 0 Å². The molecule has 0 saturated carbocycles. The number of benzene rings is 1. The first kappa shape index (κ1) is 19.5. The highest BCUT2D eigenvalue weighted by Crippen LogP contribution is 2.43. The third-order valence-electron chi connectivity index (χ3n) is 2.83. The van der Waals surface area contributed by atoms with Crippen LogP contribution >= 0.6 is 23.2 Å². The molecule has 2 rings (SSSR count). The Bertz CT molecular complexity index is 788. The van der Waals surface area contributed by atoms with Crippen LogP contribution in [0, 0.1) is 0 Å². The van der Waals surface area contributed by atoms with Gasteiger partial charge in [-0.1, -0.05) is 23.2 Å². The second-order valence-corrected chi connectivity index (χ2v) is 5.38. The molecular weight excluding hydrogens is 411 g/mol. The minimum absolute atomic E-state index is 0.194. The summed E-state index contributed by atoms with van der Waals surface area (Å²) in [5, 5.41) is 1.42. The van der Waals surface area contributed by atoms with Gasteiger partial charge in [-0.05, 0) is 12.1 Å². The van der Waals surface area contributed by atoms with Crippen LogP contribution in [0.2, 0.25) is 10.0 Å². The van der Waals surface area contributed by atoms with Crippen molar-refractivity contribution < 1.29 is 35.1 Å². The Morgan fingerprint density at radius 3 is 1.80 bits per heavy atom. The van der Waals surface area contributed by atoms with Gasteiger partial charge in [-0.3, -0.25) is 0 Å². The number of hydrogen-bond acceptors (Lipinski definition) is 3. The summed E-state index contributed by atoms with van der Waals surface area (Å²) in [6.07, 6.45) is -10.8. The number of hydrogen-bond donors (Lipinski definition) is 1. The second-order valence-electron chi connectivity index (χ2n) is 4.56. The topological polar surface area (TPSA) is 56.7 Å². The van der Waals surface area contributed by atoms with E-state index in [1.165, 1.54) is 0 Å². The van der Waals surface area contributed by atoms with Gasteiger partial charge in [0, 0.05) is 0 Å². The van der Waals surface area contributed by atoms with E-state index in [4.69, 9.17) is 28.9 Å². The maximum atomic E-state index is 13.3. The van der Waals surface area contributed by atoms with E-state index in [0.29, 0.717) is 12.1 Å². The van der Waals surface area contributed by atoms with E-state index >= 15 is 0 Å². The molecule has 0 aliphatic carbocycles. The van der Waals surface area contributed by atoms with Crippen LogP contribution in [0.3, 0.4) is 0 Å². The quantitative estimate of drug-likeness (QED) is 0.716. The van der Waals surface area contributed by atoms with Crippen LogP contribution in [0.4, 0.5) is 41.1 Å². The van der Waals surface area contributed by atoms with E-state index in [-0.39, 0.29) is 4.68 Å². The number of aromatic nitrogens is 3. The fourth-order valence-corrected chi connectivity index (χ4v) is 2.33. The predicted octanol–water partition coefficient (Wildman–Crippen LogP) is 4.83. The fraction of sp³-hybridized carbons (Fsp3) is 0.273. The highest BCUT2D eigenvalue weighted by atomic mass is 35.5. The van der Waals surface area contributed by atoms with Gasteiger partial charge >= 0.3 is 18.3 Å². The molecule has 0 aliphatic rings. The van der Waals surface area contributed by atoms with E-state index in [2.05, 4.69) is 10.1 Å². The Morgan fingerprint density at radius 2 is 1.40 bits per heavy atom. The van der Waals surface area contributed by atoms with Crippen LogP contribution in [-0.2, 0) is 12.1 Å². The monoisotopic (exact) mass is 414 g/mol. The molecule has 1 heterocycles. The Labute approximate surface area is 143 Å². The van der Waals surface area contributed by atoms with Crippen LogP contribution in [0.1, 0.15) is 11.4 Å². The number of alkyl halides is 8. The van der Waals surface area contributed by atoms with Crippen LogP contribution < -0.4 is 5.73 Å². The molecule has 0 unspecified atom stereocenters. The second kappa shape index (κ2) is 5.87. The maximum absolute atomic E-state index is 13.3. The summed E-state index contributed by atoms with van der Waals surface area (Å²) >= 11 is 11.2. The number of nitrogens with zero attached hydrogens (tertiary/aromatic N) is 3. The molecule has 0 radical (unpaired) electrons. The third-order valence-corrected chi connectivity index (χ3v) is 3.40. The summed E-state index contributed by atoms with van der Waals surface area (Å²) in [5.74, 6) is -8.44. The SMILES string of the molecule is Nc1nc(C(F)(F)C(F)(F)F)nn1-c1c(Cl)cc(C(F)(F)F)cc1Cl. The third kappa shape index (κ3) is 3.45. The van der Waals surface area contributed by atoms with Crippen molar-refractivity contribution in [2.24, 2.45) is 0 Å². The van der Waals surface area contributed by atoms with Gasteiger partial charge in [0.25, 0.3) is 0 Å². The molecule has 14 heteroatoms. The first-order valence-corrected chi connectivity index (χ1v) is 6.66. The zero-order chi connectivity index (χ0) is 19.4. The van der Waals surface area contributed by atoms with Crippen molar-refractivity contribution >= 4 is 29.2 Å². The molecule has 0 amide bonds. The minimum atomic E-state index is -6.01. The lowest BCUT2D eigenvalue weighted by Crippen LogP contribution is -2.35. The van der Waals surface area contributed by atoms with Crippen molar-refractivity contribution in [3.63, 3.8) is 0 Å². The zero-order valence-corrected chi connectivity index (χ0v) is 12.9. The van der Waals surface area contributed by atoms with Crippen molar-refractivity contribution in [3.05, 3.63) is 33.6 Å². The van der Waals surface area contributed by atoms with Gasteiger partial charge in [-0.25, -0.2) is 0 Å². The smallest absolute Gasteiger partial charge is 0.368 e. The van der Waals surface area contributed by atoms with Crippen molar-refractivity contribution in [2.75, 3.05) is 5.73 Å². The molecular formula is C11H4Cl2F8N4. The lowest BCUT2D eigenvalue weighted by atomic mass is 10.2. The van der Waals surface area contributed by atoms with Gasteiger partial charge in [0.2, 0.25) is 11.8 Å². The van der Waals surface area contributed by atoms with Crippen molar-refractivity contribution in [1.29, 1.82) is 0 Å². The molecule has 0 bridgehead atoms. The number of nitrogen functional groups attached to an aromatic ring is 1. The summed E-state index contributed by atoms with van der Waals surface area (Å²) in [5.41, 5.74) is 3.32. The molecule has 0 spiro atoms. The zero-order valence-electron chi connectivity index (χ0n) is 11.4. The highest BCUT2D eigenvalue weighted by Gasteiger charge is 2.62. The standard InChI is InChI=1S/C11H4Cl2F8N4/c12-4-1-3(10(16,17)18)2-5(13)6(4)25-8(22)23-7(24-25)9(14,15)11(19,20)21/h1-2H,(H2,22,23,24). The highest BCUT2D eigenvalue weighted by molar-refractivity contribution is 6.37. The summed E-state index contributed by atoms with van der Waals surface area (Å²) < 4.78 is 102. The molecule has 0 atom stereocenters. The molecule has 138 valence electrons. The molecule has 0 fully saturated rings. The van der Waals surface area contributed by atoms with Gasteiger partial charge in [-0.15, -0.1) is 5.10 Å². The lowest BCUT2D eigenvalue weighted by molar-refractivity contribution is -0.292. The Hall–Kier alpha value is -1.82. The molecule has 2 N–H and O–H groups in total. The summed E-state index contributed by atoms with van der Waals surface area (Å²) in [6, 6.07) is 0.761. The molecule has 0 aliphatic heterocycles. The van der Waals surface area contributed by atoms with Crippen molar-refractivity contribution in [2.45, 2.75) is 18.3 Å². The fourth-order valence-electron chi connectivity index (χ4n) is 1.68. The first-order chi connectivity index (χ1) is 11.2. The number of halogens is 10. The lowest BCUT2D eigenvalue weighted by Gasteiger charge is -2.15. The van der Waals surface area contributed by atoms with Gasteiger partial charge < -0.3 is 5.73 Å². The number of anilines is 1. The van der Waals surface area contributed by atoms with Gasteiger partial charge in [0.15, 0.2) is 0 Å². The predicted molar refractivity (Wildman–Crippen MR) is 70.7 cm³/mol. The van der Waals surface area contributed by atoms with Crippen molar-refractivity contribution in [3.8, 4) is 5.69 Å². The first-order valence-electron chi connectivity index (χ1n) is 5.90. The summed E-state index contributed by atoms with van der Waals surface area (Å²) in [7, 11) is 0. The van der Waals surface area contributed by atoms with E-state index in [9.17, 15) is 35.1 Å². The molecule has 2 aromatic rings. The van der Waals surface area contributed by atoms with Crippen LogP contribution in [-0.4, -0.2) is 20.9 Å². The van der Waals surface area contributed by atoms with Gasteiger partial charge in [0.05, 0.1) is 15.6 Å².